The molecule has 2 aromatic heterocycles. The number of para-hydroxylation sites is 1. The largest absolute Gasteiger partial charge is 0.478 e. The van der Waals surface area contributed by atoms with E-state index in [2.05, 4.69) is 22.4 Å². The average Bonchev–Trinajstić information content (AvgIpc) is 2.95. The summed E-state index contributed by atoms with van der Waals surface area (Å²) in [5, 5.41) is 23.1. The molecule has 2 aromatic carbocycles. The number of fused-ring (bicyclic) bond motifs is 1. The number of hydrogen-bond acceptors (Lipinski definition) is 5. The second-order valence-electron chi connectivity index (χ2n) is 10.5. The van der Waals surface area contributed by atoms with Crippen molar-refractivity contribution in [3.8, 4) is 6.07 Å². The molecular formula is C32H32N4O3. The van der Waals surface area contributed by atoms with Crippen LogP contribution in [0.15, 0.2) is 77.7 Å². The van der Waals surface area contributed by atoms with Crippen molar-refractivity contribution in [2.75, 3.05) is 23.3 Å². The number of benzene rings is 2. The number of nitriles is 1. The number of aromatic nitrogens is 1. The molecule has 0 spiro atoms. The Balaban J connectivity index is 1.52. The van der Waals surface area contributed by atoms with Gasteiger partial charge in [0, 0.05) is 36.2 Å². The highest BCUT2D eigenvalue weighted by atomic mass is 16.4. The van der Waals surface area contributed by atoms with Gasteiger partial charge in [-0.2, -0.15) is 5.26 Å². The van der Waals surface area contributed by atoms with Gasteiger partial charge in [0.2, 0.25) is 0 Å². The van der Waals surface area contributed by atoms with E-state index in [-0.39, 0.29) is 17.2 Å². The lowest BCUT2D eigenvalue weighted by Crippen LogP contribution is -2.42. The minimum Gasteiger partial charge on any atom is -0.478 e. The van der Waals surface area contributed by atoms with E-state index in [1.165, 1.54) is 0 Å². The molecule has 0 unspecified atom stereocenters. The number of piperidine rings is 1. The summed E-state index contributed by atoms with van der Waals surface area (Å²) in [6.45, 7) is 7.12. The van der Waals surface area contributed by atoms with Gasteiger partial charge in [0.05, 0.1) is 28.6 Å². The Bertz CT molecular complexity index is 1640. The molecule has 1 saturated heterocycles. The third kappa shape index (κ3) is 4.74. The van der Waals surface area contributed by atoms with E-state index in [1.54, 1.807) is 28.7 Å². The maximum absolute atomic E-state index is 13.6. The number of pyridine rings is 2. The van der Waals surface area contributed by atoms with Crippen molar-refractivity contribution >= 4 is 22.9 Å². The number of rotatable bonds is 6. The minimum absolute atomic E-state index is 0.0780. The first kappa shape index (κ1) is 26.1. The zero-order chi connectivity index (χ0) is 27.7. The average molecular weight is 521 g/mol. The molecule has 198 valence electrons. The molecule has 5 rings (SSSR count). The van der Waals surface area contributed by atoms with Gasteiger partial charge in [-0.25, -0.2) is 4.79 Å². The third-order valence-corrected chi connectivity index (χ3v) is 7.96. The summed E-state index contributed by atoms with van der Waals surface area (Å²) in [4.78, 5) is 27.6. The zero-order valence-corrected chi connectivity index (χ0v) is 22.4. The summed E-state index contributed by atoms with van der Waals surface area (Å²) < 4.78 is 1.69. The molecule has 1 aliphatic rings. The van der Waals surface area contributed by atoms with Gasteiger partial charge in [-0.1, -0.05) is 48.5 Å². The van der Waals surface area contributed by atoms with Crippen LogP contribution in [0, 0.1) is 25.2 Å². The maximum Gasteiger partial charge on any atom is 0.337 e. The summed E-state index contributed by atoms with van der Waals surface area (Å²) in [6, 6.07) is 23.2. The second kappa shape index (κ2) is 10.3. The Labute approximate surface area is 228 Å². The highest BCUT2D eigenvalue weighted by Crippen LogP contribution is 2.37. The molecule has 39 heavy (non-hydrogen) atoms. The van der Waals surface area contributed by atoms with Gasteiger partial charge in [0.1, 0.15) is 0 Å². The van der Waals surface area contributed by atoms with Crippen LogP contribution >= 0.6 is 0 Å². The van der Waals surface area contributed by atoms with Crippen molar-refractivity contribution in [1.82, 2.24) is 4.40 Å². The van der Waals surface area contributed by atoms with E-state index >= 15 is 0 Å². The molecular weight excluding hydrogens is 488 g/mol. The van der Waals surface area contributed by atoms with Gasteiger partial charge in [-0.3, -0.25) is 9.20 Å². The van der Waals surface area contributed by atoms with Crippen LogP contribution in [0.4, 0.5) is 11.4 Å². The van der Waals surface area contributed by atoms with Crippen molar-refractivity contribution in [1.29, 1.82) is 5.26 Å². The minimum atomic E-state index is -0.998. The van der Waals surface area contributed by atoms with E-state index in [0.717, 1.165) is 27.9 Å². The van der Waals surface area contributed by atoms with E-state index in [4.69, 9.17) is 0 Å². The van der Waals surface area contributed by atoms with Crippen LogP contribution < -0.4 is 15.8 Å². The first-order valence-electron chi connectivity index (χ1n) is 13.2. The molecule has 0 aliphatic carbocycles. The Morgan fingerprint density at radius 3 is 2.38 bits per heavy atom. The van der Waals surface area contributed by atoms with Crippen molar-refractivity contribution in [3.05, 3.63) is 111 Å². The maximum atomic E-state index is 13.6. The molecule has 7 heteroatoms. The Kier molecular flexibility index (Phi) is 6.88. The third-order valence-electron chi connectivity index (χ3n) is 7.96. The number of aromatic carboxylic acids is 1. The number of carboxylic acid groups (broad SMARTS) is 1. The monoisotopic (exact) mass is 520 g/mol. The predicted octanol–water partition coefficient (Wildman–Crippen LogP) is 5.85. The highest BCUT2D eigenvalue weighted by molar-refractivity contribution is 5.94. The molecule has 1 atom stereocenters. The fraction of sp³-hybridized carbons (Fsp3) is 0.281. The van der Waals surface area contributed by atoms with Crippen molar-refractivity contribution in [2.45, 2.75) is 45.1 Å². The van der Waals surface area contributed by atoms with Crippen molar-refractivity contribution < 1.29 is 9.90 Å². The molecule has 3 heterocycles. The molecule has 4 aromatic rings. The zero-order valence-electron chi connectivity index (χ0n) is 22.4. The summed E-state index contributed by atoms with van der Waals surface area (Å²) in [5.41, 5.74) is 5.32. The first-order valence-corrected chi connectivity index (χ1v) is 13.2. The standard InChI is InChI=1S/C32H32N4O3/c1-21-17-26(23(3)34-27-12-8-7-11-25(27)31(38)39)29-18-28(22(2)30(37)36(29)19-21)35-15-13-32(20-33,14-16-35)24-9-5-4-6-10-24/h4-12,17-19,23,34H,13-16H2,1-3H3,(H,38,39)/t23-/m1/s1. The normalized spacial score (nSPS) is 15.5. The number of nitrogens with zero attached hydrogens (tertiary/aromatic N) is 3. The van der Waals surface area contributed by atoms with Crippen molar-refractivity contribution in [3.63, 3.8) is 0 Å². The fourth-order valence-electron chi connectivity index (χ4n) is 5.75. The molecule has 1 aliphatic heterocycles. The number of nitrogens with one attached hydrogen (secondary N) is 1. The Morgan fingerprint density at radius 2 is 1.72 bits per heavy atom. The van der Waals surface area contributed by atoms with E-state index in [9.17, 15) is 20.0 Å². The first-order chi connectivity index (χ1) is 18.7. The van der Waals surface area contributed by atoms with Gasteiger partial charge in [-0.15, -0.1) is 0 Å². The quantitative estimate of drug-likeness (QED) is 0.331. The summed E-state index contributed by atoms with van der Waals surface area (Å²) in [5.74, 6) is -0.998. The van der Waals surface area contributed by atoms with Crippen LogP contribution in [0.2, 0.25) is 0 Å². The van der Waals surface area contributed by atoms with Crippen LogP contribution in [0.1, 0.15) is 58.4 Å². The summed E-state index contributed by atoms with van der Waals surface area (Å²) in [7, 11) is 0. The van der Waals surface area contributed by atoms with E-state index < -0.39 is 11.4 Å². The fourth-order valence-corrected chi connectivity index (χ4v) is 5.75. The lowest BCUT2D eigenvalue weighted by atomic mass is 9.74. The molecule has 1 fully saturated rings. The van der Waals surface area contributed by atoms with E-state index in [0.29, 0.717) is 37.2 Å². The molecule has 0 radical (unpaired) electrons. The number of anilines is 2. The van der Waals surface area contributed by atoms with Crippen LogP contribution in [-0.4, -0.2) is 28.6 Å². The highest BCUT2D eigenvalue weighted by Gasteiger charge is 2.37. The summed E-state index contributed by atoms with van der Waals surface area (Å²) in [6.07, 6.45) is 3.20. The summed E-state index contributed by atoms with van der Waals surface area (Å²) >= 11 is 0. The van der Waals surface area contributed by atoms with Crippen LogP contribution in [-0.2, 0) is 5.41 Å². The Hall–Kier alpha value is -4.57. The number of aryl methyl sites for hydroxylation is 1. The van der Waals surface area contributed by atoms with Crippen molar-refractivity contribution in [2.24, 2.45) is 0 Å². The van der Waals surface area contributed by atoms with Gasteiger partial charge < -0.3 is 15.3 Å². The van der Waals surface area contributed by atoms with Gasteiger partial charge in [-0.05, 0) is 68.5 Å². The molecule has 7 nitrogen and oxygen atoms in total. The smallest absolute Gasteiger partial charge is 0.337 e. The predicted molar refractivity (Wildman–Crippen MR) is 154 cm³/mol. The number of carbonyl (C=O) groups is 1. The molecule has 0 saturated carbocycles. The Morgan fingerprint density at radius 1 is 1.05 bits per heavy atom. The molecule has 2 N–H and O–H groups in total. The topological polar surface area (TPSA) is 97.8 Å². The van der Waals surface area contributed by atoms with Gasteiger partial charge in [0.25, 0.3) is 5.56 Å². The van der Waals surface area contributed by atoms with Crippen LogP contribution in [0.25, 0.3) is 5.52 Å². The SMILES string of the molecule is Cc1cc([C@@H](C)Nc2ccccc2C(=O)O)c2cc(N3CCC(C#N)(c4ccccc4)CC3)c(C)c(=O)n2c1. The molecule has 0 amide bonds. The van der Waals surface area contributed by atoms with Gasteiger partial charge in [0.15, 0.2) is 0 Å². The lowest BCUT2D eigenvalue weighted by Gasteiger charge is -2.39. The second-order valence-corrected chi connectivity index (χ2v) is 10.5. The van der Waals surface area contributed by atoms with Crippen LogP contribution in [0.5, 0.6) is 0 Å². The number of carboxylic acids is 1. The van der Waals surface area contributed by atoms with Crippen LogP contribution in [0.3, 0.4) is 0 Å². The molecule has 0 bridgehead atoms. The lowest BCUT2D eigenvalue weighted by molar-refractivity contribution is 0.0698. The van der Waals surface area contributed by atoms with Gasteiger partial charge >= 0.3 is 5.97 Å². The number of hydrogen-bond donors (Lipinski definition) is 2. The van der Waals surface area contributed by atoms with E-state index in [1.807, 2.05) is 63.4 Å².